The van der Waals surface area contributed by atoms with E-state index in [1.807, 2.05) is 54.6 Å². The summed E-state index contributed by atoms with van der Waals surface area (Å²) in [5, 5.41) is 0. The van der Waals surface area contributed by atoms with Crippen LogP contribution in [0, 0.1) is 0 Å². The quantitative estimate of drug-likeness (QED) is 0.899. The molecule has 0 atom stereocenters. The van der Waals surface area contributed by atoms with Gasteiger partial charge in [-0.15, -0.1) is 0 Å². The summed E-state index contributed by atoms with van der Waals surface area (Å²) >= 11 is 0. The Bertz CT molecular complexity index is 973. The summed E-state index contributed by atoms with van der Waals surface area (Å²) < 4.78 is 28.0. The summed E-state index contributed by atoms with van der Waals surface area (Å²) in [6.45, 7) is 0. The molecule has 2 aromatic carbocycles. The van der Waals surface area contributed by atoms with Gasteiger partial charge in [-0.25, -0.2) is 13.1 Å². The lowest BCUT2D eigenvalue weighted by molar-refractivity contribution is -0.128. The van der Waals surface area contributed by atoms with Gasteiger partial charge in [0.15, 0.2) is 0 Å². The largest absolute Gasteiger partial charge is 0.273 e. The number of rotatable bonds is 4. The number of sulfonamides is 1. The first kappa shape index (κ1) is 17.0. The van der Waals surface area contributed by atoms with E-state index in [4.69, 9.17) is 0 Å². The fraction of sp³-hybridized carbons (Fsp3) is 0.286. The van der Waals surface area contributed by atoms with Gasteiger partial charge in [0.2, 0.25) is 5.91 Å². The number of hydrogen-bond acceptors (Lipinski definition) is 3. The standard InChI is InChI=1S/C21H21NO3S/c23-20(21(13-6-14-21)18-9-2-1-3-10-18)22-26(24,25)19-12-11-16-7-4-5-8-17(16)15-19/h1-5,7-10,15H,6,11-14H2,(H,22,23). The van der Waals surface area contributed by atoms with Gasteiger partial charge < -0.3 is 0 Å². The van der Waals surface area contributed by atoms with Crippen molar-refractivity contribution in [3.8, 4) is 0 Å². The lowest BCUT2D eigenvalue weighted by atomic mass is 9.64. The molecular formula is C21H21NO3S. The van der Waals surface area contributed by atoms with Crippen LogP contribution in [0.3, 0.4) is 0 Å². The van der Waals surface area contributed by atoms with Crippen molar-refractivity contribution >= 4 is 22.0 Å². The van der Waals surface area contributed by atoms with Crippen molar-refractivity contribution in [2.24, 2.45) is 0 Å². The zero-order chi connectivity index (χ0) is 18.2. The van der Waals surface area contributed by atoms with Crippen LogP contribution in [0.5, 0.6) is 0 Å². The number of carbonyl (C=O) groups excluding carboxylic acids is 1. The van der Waals surface area contributed by atoms with E-state index < -0.39 is 21.3 Å². The maximum Gasteiger partial charge on any atom is 0.260 e. The van der Waals surface area contributed by atoms with Gasteiger partial charge in [0.1, 0.15) is 0 Å². The van der Waals surface area contributed by atoms with Gasteiger partial charge in [0, 0.05) is 0 Å². The van der Waals surface area contributed by atoms with Crippen molar-refractivity contribution in [2.45, 2.75) is 37.5 Å². The van der Waals surface area contributed by atoms with Crippen LogP contribution in [-0.2, 0) is 26.7 Å². The van der Waals surface area contributed by atoms with Crippen molar-refractivity contribution in [3.63, 3.8) is 0 Å². The molecule has 0 saturated heterocycles. The van der Waals surface area contributed by atoms with E-state index >= 15 is 0 Å². The van der Waals surface area contributed by atoms with Crippen LogP contribution in [0.1, 0.15) is 42.4 Å². The highest BCUT2D eigenvalue weighted by molar-refractivity contribution is 7.94. The first-order valence-electron chi connectivity index (χ1n) is 8.93. The van der Waals surface area contributed by atoms with E-state index in [-0.39, 0.29) is 4.91 Å². The Hall–Kier alpha value is -2.40. The minimum absolute atomic E-state index is 0.284. The molecule has 1 amide bonds. The molecule has 2 aromatic rings. The smallest absolute Gasteiger partial charge is 0.260 e. The van der Waals surface area contributed by atoms with E-state index in [1.165, 1.54) is 0 Å². The molecule has 0 radical (unpaired) electrons. The Labute approximate surface area is 154 Å². The van der Waals surface area contributed by atoms with E-state index in [2.05, 4.69) is 4.72 Å². The molecule has 0 heterocycles. The molecule has 0 unspecified atom stereocenters. The van der Waals surface area contributed by atoms with Gasteiger partial charge in [-0.1, -0.05) is 61.0 Å². The van der Waals surface area contributed by atoms with Crippen LogP contribution in [0.25, 0.3) is 6.08 Å². The van der Waals surface area contributed by atoms with E-state index in [0.29, 0.717) is 25.7 Å². The highest BCUT2D eigenvalue weighted by Crippen LogP contribution is 2.44. The summed E-state index contributed by atoms with van der Waals surface area (Å²) in [6, 6.07) is 17.2. The van der Waals surface area contributed by atoms with Crippen molar-refractivity contribution < 1.29 is 13.2 Å². The van der Waals surface area contributed by atoms with Gasteiger partial charge in [-0.2, -0.15) is 0 Å². The number of benzene rings is 2. The minimum Gasteiger partial charge on any atom is -0.273 e. The second-order valence-corrected chi connectivity index (χ2v) is 8.78. The summed E-state index contributed by atoms with van der Waals surface area (Å²) in [4.78, 5) is 13.2. The molecule has 0 aliphatic heterocycles. The van der Waals surface area contributed by atoms with Gasteiger partial charge in [0.05, 0.1) is 10.3 Å². The number of nitrogens with one attached hydrogen (secondary N) is 1. The Morgan fingerprint density at radius 3 is 2.31 bits per heavy atom. The van der Waals surface area contributed by atoms with E-state index in [9.17, 15) is 13.2 Å². The SMILES string of the molecule is O=C(NS(=O)(=O)C1=Cc2ccccc2CC1)C1(c2ccccc2)CCC1. The fourth-order valence-corrected chi connectivity index (χ4v) is 5.06. The maximum atomic E-state index is 12.9. The van der Waals surface area contributed by atoms with Gasteiger partial charge >= 0.3 is 0 Å². The normalized spacial score (nSPS) is 18.2. The van der Waals surface area contributed by atoms with Crippen molar-refractivity contribution in [3.05, 3.63) is 76.2 Å². The van der Waals surface area contributed by atoms with Crippen molar-refractivity contribution in [2.75, 3.05) is 0 Å². The number of carbonyl (C=O) groups is 1. The molecule has 2 aliphatic rings. The van der Waals surface area contributed by atoms with Crippen LogP contribution in [-0.4, -0.2) is 14.3 Å². The Morgan fingerprint density at radius 1 is 0.923 bits per heavy atom. The van der Waals surface area contributed by atoms with Crippen LogP contribution in [0.2, 0.25) is 0 Å². The topological polar surface area (TPSA) is 63.2 Å². The van der Waals surface area contributed by atoms with Crippen LogP contribution >= 0.6 is 0 Å². The number of amides is 1. The van der Waals surface area contributed by atoms with E-state index in [0.717, 1.165) is 23.1 Å². The zero-order valence-corrected chi connectivity index (χ0v) is 15.3. The van der Waals surface area contributed by atoms with Crippen LogP contribution in [0.15, 0.2) is 59.5 Å². The molecule has 1 N–H and O–H groups in total. The van der Waals surface area contributed by atoms with Gasteiger partial charge in [-0.05, 0) is 48.4 Å². The number of hydrogen-bond donors (Lipinski definition) is 1. The monoisotopic (exact) mass is 367 g/mol. The number of allylic oxidation sites excluding steroid dienone is 1. The second kappa shape index (κ2) is 6.40. The molecular weight excluding hydrogens is 346 g/mol. The molecule has 5 heteroatoms. The highest BCUT2D eigenvalue weighted by atomic mass is 32.2. The summed E-state index contributed by atoms with van der Waals surface area (Å²) in [6.07, 6.45) is 5.06. The molecule has 4 rings (SSSR count). The summed E-state index contributed by atoms with van der Waals surface area (Å²) in [7, 11) is -3.83. The summed E-state index contributed by atoms with van der Waals surface area (Å²) in [5.74, 6) is -0.408. The highest BCUT2D eigenvalue weighted by Gasteiger charge is 2.47. The molecule has 4 nitrogen and oxygen atoms in total. The zero-order valence-electron chi connectivity index (χ0n) is 14.4. The average molecular weight is 367 g/mol. The van der Waals surface area contributed by atoms with Gasteiger partial charge in [-0.3, -0.25) is 4.79 Å². The van der Waals surface area contributed by atoms with Crippen molar-refractivity contribution in [1.29, 1.82) is 0 Å². The molecule has 26 heavy (non-hydrogen) atoms. The molecule has 0 aromatic heterocycles. The Kier molecular flexibility index (Phi) is 4.19. The molecule has 0 bridgehead atoms. The van der Waals surface area contributed by atoms with Gasteiger partial charge in [0.25, 0.3) is 10.0 Å². The second-order valence-electron chi connectivity index (χ2n) is 7.05. The summed E-state index contributed by atoms with van der Waals surface area (Å²) in [5.41, 5.74) is 2.22. The van der Waals surface area contributed by atoms with Crippen LogP contribution < -0.4 is 4.72 Å². The molecule has 1 saturated carbocycles. The van der Waals surface area contributed by atoms with Crippen molar-refractivity contribution in [1.82, 2.24) is 4.72 Å². The molecule has 0 spiro atoms. The molecule has 134 valence electrons. The minimum atomic E-state index is -3.83. The molecule has 1 fully saturated rings. The maximum absolute atomic E-state index is 12.9. The molecule has 2 aliphatic carbocycles. The lowest BCUT2D eigenvalue weighted by Gasteiger charge is -2.40. The van der Waals surface area contributed by atoms with E-state index in [1.54, 1.807) is 6.08 Å². The Morgan fingerprint density at radius 2 is 1.62 bits per heavy atom. The third kappa shape index (κ3) is 2.86. The predicted octanol–water partition coefficient (Wildman–Crippen LogP) is 3.54. The fourth-order valence-electron chi connectivity index (χ4n) is 3.84. The number of fused-ring (bicyclic) bond motifs is 1. The first-order valence-corrected chi connectivity index (χ1v) is 10.4. The average Bonchev–Trinajstić information content (AvgIpc) is 2.61. The third-order valence-corrected chi connectivity index (χ3v) is 7.02. The predicted molar refractivity (Wildman–Crippen MR) is 102 cm³/mol. The lowest BCUT2D eigenvalue weighted by Crippen LogP contribution is -2.51. The number of aryl methyl sites for hydroxylation is 1. The Balaban J connectivity index is 1.60. The third-order valence-electron chi connectivity index (χ3n) is 5.55. The van der Waals surface area contributed by atoms with Crippen LogP contribution in [0.4, 0.5) is 0 Å². The first-order chi connectivity index (χ1) is 12.5.